The number of hydrazine groups is 1. The van der Waals surface area contributed by atoms with E-state index in [9.17, 15) is 14.4 Å². The summed E-state index contributed by atoms with van der Waals surface area (Å²) in [5, 5.41) is 0. The molecule has 29 heavy (non-hydrogen) atoms. The van der Waals surface area contributed by atoms with E-state index in [4.69, 9.17) is 9.47 Å². The third-order valence-electron chi connectivity index (χ3n) is 4.26. The third kappa shape index (κ3) is 5.97. The number of carbonyl (C=O) groups is 3. The van der Waals surface area contributed by atoms with E-state index in [-0.39, 0.29) is 6.61 Å². The molecule has 0 saturated heterocycles. The van der Waals surface area contributed by atoms with Crippen molar-refractivity contribution >= 4 is 23.8 Å². The molecular weight excluding hydrogens is 374 g/mol. The van der Waals surface area contributed by atoms with Crippen molar-refractivity contribution in [3.05, 3.63) is 53.6 Å². The standard InChI is InChI=1S/C21H25N3O5/c1-4-24(5-2)17-9-7-16(8-10-17)21(27)23-22-20(26)14-29-18-11-6-15(13-25)12-19(18)28-3/h6-13H,4-5,14H2,1-3H3,(H,22,26)(H,23,27). The molecule has 2 amide bonds. The van der Waals surface area contributed by atoms with Crippen LogP contribution in [0.5, 0.6) is 11.5 Å². The highest BCUT2D eigenvalue weighted by Crippen LogP contribution is 2.27. The minimum atomic E-state index is -0.542. The predicted octanol–water partition coefficient (Wildman–Crippen LogP) is 2.19. The summed E-state index contributed by atoms with van der Waals surface area (Å²) in [6.45, 7) is 5.54. The molecule has 0 saturated carbocycles. The van der Waals surface area contributed by atoms with Gasteiger partial charge >= 0.3 is 0 Å². The monoisotopic (exact) mass is 399 g/mol. The van der Waals surface area contributed by atoms with Gasteiger partial charge in [-0.3, -0.25) is 25.2 Å². The maximum atomic E-state index is 12.2. The number of ether oxygens (including phenoxy) is 2. The van der Waals surface area contributed by atoms with Gasteiger partial charge in [-0.1, -0.05) is 0 Å². The number of nitrogens with one attached hydrogen (secondary N) is 2. The van der Waals surface area contributed by atoms with Crippen LogP contribution < -0.4 is 25.2 Å². The Bertz CT molecular complexity index is 848. The lowest BCUT2D eigenvalue weighted by Crippen LogP contribution is -2.43. The van der Waals surface area contributed by atoms with Crippen LogP contribution in [0.3, 0.4) is 0 Å². The van der Waals surface area contributed by atoms with E-state index >= 15 is 0 Å². The van der Waals surface area contributed by atoms with E-state index in [2.05, 4.69) is 29.6 Å². The number of anilines is 1. The maximum Gasteiger partial charge on any atom is 0.276 e. The molecule has 0 unspecified atom stereocenters. The van der Waals surface area contributed by atoms with Crippen LogP contribution in [0.4, 0.5) is 5.69 Å². The van der Waals surface area contributed by atoms with E-state index in [1.807, 2.05) is 12.1 Å². The second kappa shape index (κ2) is 10.7. The largest absolute Gasteiger partial charge is 0.493 e. The molecule has 0 spiro atoms. The summed E-state index contributed by atoms with van der Waals surface area (Å²) in [7, 11) is 1.43. The Morgan fingerprint density at radius 3 is 2.28 bits per heavy atom. The fourth-order valence-electron chi connectivity index (χ4n) is 2.67. The lowest BCUT2D eigenvalue weighted by Gasteiger charge is -2.21. The van der Waals surface area contributed by atoms with Crippen molar-refractivity contribution in [1.29, 1.82) is 0 Å². The van der Waals surface area contributed by atoms with Crippen LogP contribution in [-0.4, -0.2) is 44.9 Å². The summed E-state index contributed by atoms with van der Waals surface area (Å²) >= 11 is 0. The van der Waals surface area contributed by atoms with Gasteiger partial charge in [0.1, 0.15) is 6.29 Å². The SMILES string of the molecule is CCN(CC)c1ccc(C(=O)NNC(=O)COc2ccc(C=O)cc2OC)cc1. The van der Waals surface area contributed by atoms with Crippen molar-refractivity contribution in [2.75, 3.05) is 31.7 Å². The van der Waals surface area contributed by atoms with Gasteiger partial charge in [-0.2, -0.15) is 0 Å². The van der Waals surface area contributed by atoms with Crippen molar-refractivity contribution in [2.24, 2.45) is 0 Å². The normalized spacial score (nSPS) is 10.0. The summed E-state index contributed by atoms with van der Waals surface area (Å²) in [6.07, 6.45) is 0.684. The molecule has 0 aliphatic carbocycles. The van der Waals surface area contributed by atoms with Crippen molar-refractivity contribution in [1.82, 2.24) is 10.9 Å². The Kier molecular flexibility index (Phi) is 8.02. The van der Waals surface area contributed by atoms with Crippen molar-refractivity contribution in [3.63, 3.8) is 0 Å². The lowest BCUT2D eigenvalue weighted by molar-refractivity contribution is -0.123. The average Bonchev–Trinajstić information content (AvgIpc) is 2.77. The van der Waals surface area contributed by atoms with Gasteiger partial charge in [0, 0.05) is 29.9 Å². The van der Waals surface area contributed by atoms with Crippen LogP contribution in [0.15, 0.2) is 42.5 Å². The summed E-state index contributed by atoms with van der Waals surface area (Å²) in [5.41, 5.74) is 6.53. The van der Waals surface area contributed by atoms with E-state index in [1.165, 1.54) is 19.2 Å². The number of carbonyl (C=O) groups excluding carboxylic acids is 3. The zero-order chi connectivity index (χ0) is 21.2. The number of benzene rings is 2. The van der Waals surface area contributed by atoms with Gasteiger partial charge in [0.2, 0.25) is 0 Å². The first-order valence-electron chi connectivity index (χ1n) is 9.22. The Hall–Kier alpha value is -3.55. The van der Waals surface area contributed by atoms with Gasteiger partial charge in [-0.25, -0.2) is 0 Å². The van der Waals surface area contributed by atoms with E-state index in [0.29, 0.717) is 28.9 Å². The molecule has 2 aromatic carbocycles. The van der Waals surface area contributed by atoms with Crippen molar-refractivity contribution in [2.45, 2.75) is 13.8 Å². The second-order valence-corrected chi connectivity index (χ2v) is 6.04. The molecule has 8 heteroatoms. The van der Waals surface area contributed by atoms with Gasteiger partial charge in [-0.05, 0) is 56.3 Å². The summed E-state index contributed by atoms with van der Waals surface area (Å²) in [5.74, 6) is -0.330. The molecule has 0 radical (unpaired) electrons. The smallest absolute Gasteiger partial charge is 0.276 e. The fourth-order valence-corrected chi connectivity index (χ4v) is 2.67. The molecular formula is C21H25N3O5. The molecule has 154 valence electrons. The van der Waals surface area contributed by atoms with Gasteiger partial charge in [0.05, 0.1) is 7.11 Å². The van der Waals surface area contributed by atoms with Crippen LogP contribution in [0.2, 0.25) is 0 Å². The Morgan fingerprint density at radius 2 is 1.69 bits per heavy atom. The number of hydrogen-bond donors (Lipinski definition) is 2. The number of hydrogen-bond acceptors (Lipinski definition) is 6. The van der Waals surface area contributed by atoms with Gasteiger partial charge in [-0.15, -0.1) is 0 Å². The van der Waals surface area contributed by atoms with Gasteiger partial charge < -0.3 is 14.4 Å². The highest BCUT2D eigenvalue weighted by molar-refractivity contribution is 5.95. The van der Waals surface area contributed by atoms with E-state index < -0.39 is 11.8 Å². The molecule has 8 nitrogen and oxygen atoms in total. The molecule has 0 aliphatic rings. The molecule has 0 fully saturated rings. The summed E-state index contributed by atoms with van der Waals surface area (Å²) < 4.78 is 10.5. The molecule has 0 atom stereocenters. The minimum absolute atomic E-state index is 0.312. The number of rotatable bonds is 9. The second-order valence-electron chi connectivity index (χ2n) is 6.04. The van der Waals surface area contributed by atoms with Crippen LogP contribution in [0.1, 0.15) is 34.6 Å². The minimum Gasteiger partial charge on any atom is -0.493 e. The van der Waals surface area contributed by atoms with Crippen molar-refractivity contribution in [3.8, 4) is 11.5 Å². The zero-order valence-corrected chi connectivity index (χ0v) is 16.7. The first kappa shape index (κ1) is 21.7. The van der Waals surface area contributed by atoms with Gasteiger partial charge in [0.15, 0.2) is 18.1 Å². The molecule has 2 N–H and O–H groups in total. The number of nitrogens with zero attached hydrogens (tertiary/aromatic N) is 1. The van der Waals surface area contributed by atoms with E-state index in [0.717, 1.165) is 18.8 Å². The molecule has 0 heterocycles. The van der Waals surface area contributed by atoms with Crippen LogP contribution >= 0.6 is 0 Å². The molecule has 0 bridgehead atoms. The number of aldehydes is 1. The molecule has 2 rings (SSSR count). The van der Waals surface area contributed by atoms with Crippen molar-refractivity contribution < 1.29 is 23.9 Å². The Labute approximate surface area is 169 Å². The predicted molar refractivity (Wildman–Crippen MR) is 109 cm³/mol. The Morgan fingerprint density at radius 1 is 1.00 bits per heavy atom. The van der Waals surface area contributed by atoms with Gasteiger partial charge in [0.25, 0.3) is 11.8 Å². The molecule has 2 aromatic rings. The topological polar surface area (TPSA) is 97.0 Å². The average molecular weight is 399 g/mol. The molecule has 0 aromatic heterocycles. The molecule has 0 aliphatic heterocycles. The number of amides is 2. The fraction of sp³-hybridized carbons (Fsp3) is 0.286. The number of methoxy groups -OCH3 is 1. The summed E-state index contributed by atoms with van der Waals surface area (Å²) in [6, 6.07) is 11.7. The first-order valence-corrected chi connectivity index (χ1v) is 9.22. The van der Waals surface area contributed by atoms with E-state index in [1.54, 1.807) is 18.2 Å². The highest BCUT2D eigenvalue weighted by Gasteiger charge is 2.11. The van der Waals surface area contributed by atoms with Crippen LogP contribution in [0, 0.1) is 0 Å². The zero-order valence-electron chi connectivity index (χ0n) is 16.7. The quantitative estimate of drug-likeness (QED) is 0.496. The first-order chi connectivity index (χ1) is 14.0. The highest BCUT2D eigenvalue weighted by atomic mass is 16.5. The summed E-state index contributed by atoms with van der Waals surface area (Å²) in [4.78, 5) is 37.1. The maximum absolute atomic E-state index is 12.2. The Balaban J connectivity index is 1.86. The lowest BCUT2D eigenvalue weighted by atomic mass is 10.2. The van der Waals surface area contributed by atoms with Crippen LogP contribution in [0.25, 0.3) is 0 Å². The third-order valence-corrected chi connectivity index (χ3v) is 4.26. The van der Waals surface area contributed by atoms with Crippen LogP contribution in [-0.2, 0) is 4.79 Å².